The van der Waals surface area contributed by atoms with E-state index < -0.39 is 12.1 Å². The van der Waals surface area contributed by atoms with Crippen LogP contribution in [0.3, 0.4) is 0 Å². The summed E-state index contributed by atoms with van der Waals surface area (Å²) in [7, 11) is 0. The van der Waals surface area contributed by atoms with Crippen molar-refractivity contribution in [2.75, 3.05) is 0 Å². The molecule has 1 aliphatic heterocycles. The van der Waals surface area contributed by atoms with Crippen LogP contribution in [0.25, 0.3) is 0 Å². The minimum atomic E-state index is -0.902. The van der Waals surface area contributed by atoms with Crippen LogP contribution in [-0.4, -0.2) is 28.4 Å². The smallest absolute Gasteiger partial charge is 0.338 e. The van der Waals surface area contributed by atoms with Gasteiger partial charge in [0.05, 0.1) is 18.2 Å². The highest BCUT2D eigenvalue weighted by Gasteiger charge is 2.34. The average molecular weight is 268 g/mol. The molecule has 1 unspecified atom stereocenters. The van der Waals surface area contributed by atoms with E-state index in [4.69, 9.17) is 10.5 Å². The normalized spacial score (nSPS) is 24.2. The fourth-order valence-corrected chi connectivity index (χ4v) is 2.30. The van der Waals surface area contributed by atoms with E-state index in [-0.39, 0.29) is 18.0 Å². The number of amides is 2. The van der Waals surface area contributed by atoms with Crippen LogP contribution in [0.5, 0.6) is 0 Å². The molecule has 0 bridgehead atoms. The Balaban J connectivity index is 2.00. The number of primary amides is 1. The lowest BCUT2D eigenvalue weighted by Gasteiger charge is -2.26. The molecule has 1 heterocycles. The minimum Gasteiger partial charge on any atom is -0.368 e. The van der Waals surface area contributed by atoms with E-state index in [1.807, 2.05) is 0 Å². The fraction of sp³-hybridized carbons (Fsp3) is 0.462. The third-order valence-electron chi connectivity index (χ3n) is 3.44. The highest BCUT2D eigenvalue weighted by Crippen LogP contribution is 2.34. The molecule has 104 valence electrons. The maximum atomic E-state index is 12.8. The molecule has 2 rings (SSSR count). The van der Waals surface area contributed by atoms with Crippen LogP contribution >= 0.6 is 0 Å². The lowest BCUT2D eigenvalue weighted by molar-refractivity contribution is -0.115. The summed E-state index contributed by atoms with van der Waals surface area (Å²) in [6.07, 6.45) is 1.03. The number of hydrogen-bond acceptors (Lipinski definition) is 3. The van der Waals surface area contributed by atoms with E-state index in [0.717, 1.165) is 12.0 Å². The molecule has 0 saturated carbocycles. The molecule has 0 spiro atoms. The van der Waals surface area contributed by atoms with Gasteiger partial charge in [-0.2, -0.15) is 0 Å². The zero-order chi connectivity index (χ0) is 14.0. The second-order valence-corrected chi connectivity index (χ2v) is 4.72. The van der Waals surface area contributed by atoms with Crippen molar-refractivity contribution < 1.29 is 19.1 Å². The number of carbonyl (C=O) groups is 1. The van der Waals surface area contributed by atoms with Gasteiger partial charge in [-0.1, -0.05) is 12.1 Å². The maximum absolute atomic E-state index is 12.8. The van der Waals surface area contributed by atoms with Crippen molar-refractivity contribution in [3.8, 4) is 0 Å². The van der Waals surface area contributed by atoms with Gasteiger partial charge in [-0.3, -0.25) is 5.21 Å². The van der Waals surface area contributed by atoms with Gasteiger partial charge in [-0.25, -0.2) is 14.2 Å². The monoisotopic (exact) mass is 268 g/mol. The van der Waals surface area contributed by atoms with E-state index in [2.05, 4.69) is 0 Å². The zero-order valence-corrected chi connectivity index (χ0v) is 10.6. The summed E-state index contributed by atoms with van der Waals surface area (Å²) in [5.41, 5.74) is 5.90. The number of carbonyl (C=O) groups excluding carboxylic acids is 1. The molecule has 1 aliphatic rings. The van der Waals surface area contributed by atoms with E-state index in [1.165, 1.54) is 12.1 Å². The molecule has 1 saturated heterocycles. The van der Waals surface area contributed by atoms with Crippen molar-refractivity contribution in [2.45, 2.75) is 38.0 Å². The predicted molar refractivity (Wildman–Crippen MR) is 65.9 cm³/mol. The first-order valence-electron chi connectivity index (χ1n) is 6.17. The lowest BCUT2D eigenvalue weighted by Crippen LogP contribution is -2.45. The summed E-state index contributed by atoms with van der Waals surface area (Å²) < 4.78 is 18.6. The van der Waals surface area contributed by atoms with E-state index >= 15 is 0 Å². The summed E-state index contributed by atoms with van der Waals surface area (Å²) in [5.74, 6) is -0.290. The van der Waals surface area contributed by atoms with Gasteiger partial charge in [0.1, 0.15) is 5.82 Å². The van der Waals surface area contributed by atoms with Gasteiger partial charge in [0.2, 0.25) is 0 Å². The number of nitrogens with zero attached hydrogens (tertiary/aromatic N) is 1. The highest BCUT2D eigenvalue weighted by molar-refractivity contribution is 5.70. The summed E-state index contributed by atoms with van der Waals surface area (Å²) in [4.78, 5) is 10.9. The SMILES string of the molecule is C[C@@H]([C@@H]1CCC(c2ccc(F)cc2)O1)N(O)C(N)=O. The number of ether oxygens (including phenoxy) is 1. The number of hydroxylamine groups is 2. The molecule has 0 radical (unpaired) electrons. The van der Waals surface area contributed by atoms with Crippen LogP contribution in [0.15, 0.2) is 24.3 Å². The first-order valence-corrected chi connectivity index (χ1v) is 6.17. The van der Waals surface area contributed by atoms with E-state index in [9.17, 15) is 14.4 Å². The molecule has 1 aromatic rings. The minimum absolute atomic E-state index is 0.144. The van der Waals surface area contributed by atoms with Crippen LogP contribution < -0.4 is 5.73 Å². The van der Waals surface area contributed by atoms with Crippen LogP contribution in [0.4, 0.5) is 9.18 Å². The average Bonchev–Trinajstić information content (AvgIpc) is 2.87. The molecule has 0 aliphatic carbocycles. The molecule has 0 aromatic heterocycles. The molecular formula is C13H17FN2O3. The van der Waals surface area contributed by atoms with Gasteiger partial charge in [-0.15, -0.1) is 0 Å². The second-order valence-electron chi connectivity index (χ2n) is 4.72. The first-order chi connectivity index (χ1) is 8.99. The van der Waals surface area contributed by atoms with Crippen LogP contribution in [0.1, 0.15) is 31.4 Å². The zero-order valence-electron chi connectivity index (χ0n) is 10.6. The van der Waals surface area contributed by atoms with Crippen molar-refractivity contribution in [3.05, 3.63) is 35.6 Å². The second kappa shape index (κ2) is 5.54. The number of rotatable bonds is 3. The Bertz CT molecular complexity index is 452. The summed E-state index contributed by atoms with van der Waals surface area (Å²) in [6.45, 7) is 1.67. The van der Waals surface area contributed by atoms with Crippen molar-refractivity contribution in [1.29, 1.82) is 0 Å². The van der Waals surface area contributed by atoms with Gasteiger partial charge >= 0.3 is 6.03 Å². The van der Waals surface area contributed by atoms with Crippen molar-refractivity contribution >= 4 is 6.03 Å². The van der Waals surface area contributed by atoms with E-state index in [1.54, 1.807) is 19.1 Å². The molecule has 6 heteroatoms. The Morgan fingerprint density at radius 2 is 2.11 bits per heavy atom. The Labute approximate surface area is 110 Å². The topological polar surface area (TPSA) is 75.8 Å². The Morgan fingerprint density at radius 1 is 1.47 bits per heavy atom. The molecule has 5 nitrogen and oxygen atoms in total. The number of urea groups is 1. The largest absolute Gasteiger partial charge is 0.368 e. The molecule has 3 atom stereocenters. The summed E-state index contributed by atoms with van der Waals surface area (Å²) in [6, 6.07) is 4.72. The van der Waals surface area contributed by atoms with Crippen LogP contribution in [0.2, 0.25) is 0 Å². The highest BCUT2D eigenvalue weighted by atomic mass is 19.1. The third kappa shape index (κ3) is 3.02. The van der Waals surface area contributed by atoms with Crippen molar-refractivity contribution in [3.63, 3.8) is 0 Å². The summed E-state index contributed by atoms with van der Waals surface area (Å²) in [5, 5.41) is 9.96. The Hall–Kier alpha value is -1.66. The van der Waals surface area contributed by atoms with Gasteiger partial charge in [0, 0.05) is 0 Å². The molecular weight excluding hydrogens is 251 g/mol. The standard InChI is InChI=1S/C13H17FN2O3/c1-8(16(18)13(15)17)11-6-7-12(19-11)9-2-4-10(14)5-3-9/h2-5,8,11-12,18H,6-7H2,1H3,(H2,15,17)/t8-,11-,12?/m0/s1. The lowest BCUT2D eigenvalue weighted by atomic mass is 10.0. The van der Waals surface area contributed by atoms with Crippen molar-refractivity contribution in [1.82, 2.24) is 5.06 Å². The Kier molecular flexibility index (Phi) is 4.01. The summed E-state index contributed by atoms with van der Waals surface area (Å²) >= 11 is 0. The van der Waals surface area contributed by atoms with Crippen LogP contribution in [-0.2, 0) is 4.74 Å². The number of benzene rings is 1. The number of hydrogen-bond donors (Lipinski definition) is 2. The van der Waals surface area contributed by atoms with Crippen LogP contribution in [0, 0.1) is 5.82 Å². The third-order valence-corrected chi connectivity index (χ3v) is 3.44. The predicted octanol–water partition coefficient (Wildman–Crippen LogP) is 2.20. The maximum Gasteiger partial charge on any atom is 0.338 e. The quantitative estimate of drug-likeness (QED) is 0.651. The first kappa shape index (κ1) is 13.8. The molecule has 1 aromatic carbocycles. The molecule has 19 heavy (non-hydrogen) atoms. The molecule has 1 fully saturated rings. The van der Waals surface area contributed by atoms with Gasteiger partial charge in [0.15, 0.2) is 0 Å². The van der Waals surface area contributed by atoms with Gasteiger partial charge in [-0.05, 0) is 37.5 Å². The molecule has 2 amide bonds. The molecule has 3 N–H and O–H groups in total. The van der Waals surface area contributed by atoms with Gasteiger partial charge in [0.25, 0.3) is 0 Å². The van der Waals surface area contributed by atoms with Crippen molar-refractivity contribution in [2.24, 2.45) is 5.73 Å². The number of nitrogens with two attached hydrogens (primary N) is 1. The number of halogens is 1. The Morgan fingerprint density at radius 3 is 2.68 bits per heavy atom. The van der Waals surface area contributed by atoms with Gasteiger partial charge < -0.3 is 10.5 Å². The van der Waals surface area contributed by atoms with E-state index in [0.29, 0.717) is 11.5 Å². The fourth-order valence-electron chi connectivity index (χ4n) is 2.30.